The first-order chi connectivity index (χ1) is 8.66. The van der Waals surface area contributed by atoms with Crippen LogP contribution >= 0.6 is 0 Å². The van der Waals surface area contributed by atoms with Gasteiger partial charge in [0.15, 0.2) is 0 Å². The first kappa shape index (κ1) is 11.5. The van der Waals surface area contributed by atoms with Gasteiger partial charge in [0.05, 0.1) is 0 Å². The van der Waals surface area contributed by atoms with Gasteiger partial charge in [0.2, 0.25) is 0 Å². The van der Waals surface area contributed by atoms with Crippen LogP contribution in [0.25, 0.3) is 0 Å². The number of aromatic nitrogens is 2. The molecule has 3 rings (SSSR count). The van der Waals surface area contributed by atoms with Crippen molar-refractivity contribution in [3.8, 4) is 0 Å². The molecule has 0 saturated carbocycles. The van der Waals surface area contributed by atoms with Gasteiger partial charge in [-0.15, -0.1) is 0 Å². The maximum Gasteiger partial charge on any atom is 0.110 e. The molecular weight excluding hydrogens is 222 g/mol. The Bertz CT molecular complexity index is 558. The van der Waals surface area contributed by atoms with Crippen LogP contribution in [0.2, 0.25) is 0 Å². The second kappa shape index (κ2) is 4.25. The normalized spacial score (nSPS) is 22.8. The third kappa shape index (κ3) is 2.06. The molecule has 0 spiro atoms. The van der Waals surface area contributed by atoms with Crippen molar-refractivity contribution in [1.29, 1.82) is 0 Å². The predicted molar refractivity (Wildman–Crippen MR) is 72.3 cm³/mol. The molecule has 1 aliphatic rings. The van der Waals surface area contributed by atoms with E-state index in [4.69, 9.17) is 5.73 Å². The van der Waals surface area contributed by atoms with E-state index >= 15 is 0 Å². The summed E-state index contributed by atoms with van der Waals surface area (Å²) in [5.74, 6) is 1.08. The Labute approximate surface area is 108 Å². The molecule has 1 heterocycles. The third-order valence-electron chi connectivity index (χ3n) is 3.98. The molecule has 0 bridgehead atoms. The zero-order valence-electron chi connectivity index (χ0n) is 10.8. The summed E-state index contributed by atoms with van der Waals surface area (Å²) in [5.41, 5.74) is 9.30. The van der Waals surface area contributed by atoms with Crippen LogP contribution in [0, 0.1) is 0 Å². The van der Waals surface area contributed by atoms with Crippen molar-refractivity contribution in [1.82, 2.24) is 9.55 Å². The van der Waals surface area contributed by atoms with Crippen molar-refractivity contribution in [2.24, 2.45) is 12.8 Å². The summed E-state index contributed by atoms with van der Waals surface area (Å²) in [6.07, 6.45) is 7.75. The van der Waals surface area contributed by atoms with Crippen molar-refractivity contribution in [2.45, 2.75) is 31.2 Å². The van der Waals surface area contributed by atoms with E-state index in [-0.39, 0.29) is 5.54 Å². The zero-order chi connectivity index (χ0) is 12.6. The Morgan fingerprint density at radius 2 is 2.11 bits per heavy atom. The predicted octanol–water partition coefficient (Wildman–Crippen LogP) is 1.85. The number of hydrogen-bond acceptors (Lipinski definition) is 2. The SMILES string of the molecule is Cn1ccnc1CC1(N)CCc2ccccc2C1. The number of benzene rings is 1. The van der Waals surface area contributed by atoms with Gasteiger partial charge < -0.3 is 10.3 Å². The van der Waals surface area contributed by atoms with Crippen molar-refractivity contribution in [3.05, 3.63) is 53.6 Å². The van der Waals surface area contributed by atoms with Crippen molar-refractivity contribution < 1.29 is 0 Å². The number of fused-ring (bicyclic) bond motifs is 1. The number of nitrogens with zero attached hydrogens (tertiary/aromatic N) is 2. The maximum absolute atomic E-state index is 6.58. The lowest BCUT2D eigenvalue weighted by atomic mass is 9.76. The standard InChI is InChI=1S/C15H19N3/c1-18-9-8-17-14(18)11-15(16)7-6-12-4-2-3-5-13(12)10-15/h2-5,8-9H,6-7,10-11,16H2,1H3. The van der Waals surface area contributed by atoms with Gasteiger partial charge in [0, 0.05) is 31.4 Å². The minimum absolute atomic E-state index is 0.145. The fraction of sp³-hybridized carbons (Fsp3) is 0.400. The first-order valence-electron chi connectivity index (χ1n) is 6.48. The van der Waals surface area contributed by atoms with E-state index in [0.717, 1.165) is 31.5 Å². The number of hydrogen-bond donors (Lipinski definition) is 1. The van der Waals surface area contributed by atoms with E-state index < -0.39 is 0 Å². The summed E-state index contributed by atoms with van der Waals surface area (Å²) in [4.78, 5) is 4.39. The molecule has 18 heavy (non-hydrogen) atoms. The van der Waals surface area contributed by atoms with E-state index in [1.807, 2.05) is 19.4 Å². The van der Waals surface area contributed by atoms with Gasteiger partial charge in [0.1, 0.15) is 5.82 Å². The highest BCUT2D eigenvalue weighted by atomic mass is 15.0. The number of aryl methyl sites for hydroxylation is 2. The van der Waals surface area contributed by atoms with Crippen LogP contribution in [0.1, 0.15) is 23.4 Å². The minimum Gasteiger partial charge on any atom is -0.338 e. The molecule has 1 aliphatic carbocycles. The van der Waals surface area contributed by atoms with Gasteiger partial charge in [0.25, 0.3) is 0 Å². The van der Waals surface area contributed by atoms with Crippen molar-refractivity contribution in [3.63, 3.8) is 0 Å². The van der Waals surface area contributed by atoms with Gasteiger partial charge in [-0.3, -0.25) is 0 Å². The summed E-state index contributed by atoms with van der Waals surface area (Å²) in [7, 11) is 2.03. The van der Waals surface area contributed by atoms with Crippen molar-refractivity contribution >= 4 is 0 Å². The second-order valence-corrected chi connectivity index (χ2v) is 5.44. The Morgan fingerprint density at radius 1 is 1.33 bits per heavy atom. The van der Waals surface area contributed by atoms with Gasteiger partial charge in [-0.05, 0) is 30.4 Å². The molecule has 2 N–H and O–H groups in total. The monoisotopic (exact) mass is 241 g/mol. The van der Waals surface area contributed by atoms with E-state index in [1.54, 1.807) is 0 Å². The summed E-state index contributed by atoms with van der Waals surface area (Å²) < 4.78 is 2.06. The molecule has 1 aromatic heterocycles. The molecule has 0 saturated heterocycles. The fourth-order valence-electron chi connectivity index (χ4n) is 2.86. The quantitative estimate of drug-likeness (QED) is 0.872. The lowest BCUT2D eigenvalue weighted by Crippen LogP contribution is -2.47. The summed E-state index contributed by atoms with van der Waals surface area (Å²) >= 11 is 0. The van der Waals surface area contributed by atoms with E-state index in [0.29, 0.717) is 0 Å². The molecular formula is C15H19N3. The second-order valence-electron chi connectivity index (χ2n) is 5.44. The van der Waals surface area contributed by atoms with Gasteiger partial charge in [-0.2, -0.15) is 0 Å². The molecule has 0 aliphatic heterocycles. The van der Waals surface area contributed by atoms with E-state index in [9.17, 15) is 0 Å². The van der Waals surface area contributed by atoms with Crippen LogP contribution in [0.5, 0.6) is 0 Å². The topological polar surface area (TPSA) is 43.8 Å². The molecule has 94 valence electrons. The first-order valence-corrected chi connectivity index (χ1v) is 6.48. The highest BCUT2D eigenvalue weighted by Crippen LogP contribution is 2.29. The van der Waals surface area contributed by atoms with Crippen LogP contribution in [0.3, 0.4) is 0 Å². The highest BCUT2D eigenvalue weighted by Gasteiger charge is 2.31. The fourth-order valence-corrected chi connectivity index (χ4v) is 2.86. The molecule has 1 aromatic carbocycles. The van der Waals surface area contributed by atoms with Crippen LogP contribution in [-0.2, 0) is 26.3 Å². The summed E-state index contributed by atoms with van der Waals surface area (Å²) in [5, 5.41) is 0. The molecule has 2 aromatic rings. The molecule has 3 heteroatoms. The zero-order valence-corrected chi connectivity index (χ0v) is 10.8. The van der Waals surface area contributed by atoms with Gasteiger partial charge in [-0.1, -0.05) is 24.3 Å². The number of rotatable bonds is 2. The summed E-state index contributed by atoms with van der Waals surface area (Å²) in [6, 6.07) is 8.64. The largest absolute Gasteiger partial charge is 0.338 e. The lowest BCUT2D eigenvalue weighted by molar-refractivity contribution is 0.359. The van der Waals surface area contributed by atoms with E-state index in [1.165, 1.54) is 11.1 Å². The molecule has 1 atom stereocenters. The molecule has 1 unspecified atom stereocenters. The van der Waals surface area contributed by atoms with Crippen LogP contribution in [0.15, 0.2) is 36.7 Å². The Balaban J connectivity index is 1.84. The van der Waals surface area contributed by atoms with Gasteiger partial charge in [-0.25, -0.2) is 4.98 Å². The third-order valence-corrected chi connectivity index (χ3v) is 3.98. The van der Waals surface area contributed by atoms with E-state index in [2.05, 4.69) is 33.8 Å². The van der Waals surface area contributed by atoms with Crippen LogP contribution in [0.4, 0.5) is 0 Å². The Kier molecular flexibility index (Phi) is 2.71. The Morgan fingerprint density at radius 3 is 2.83 bits per heavy atom. The highest BCUT2D eigenvalue weighted by molar-refractivity contribution is 5.32. The lowest BCUT2D eigenvalue weighted by Gasteiger charge is -2.34. The van der Waals surface area contributed by atoms with Gasteiger partial charge >= 0.3 is 0 Å². The smallest absolute Gasteiger partial charge is 0.110 e. The minimum atomic E-state index is -0.145. The Hall–Kier alpha value is -1.61. The average molecular weight is 241 g/mol. The van der Waals surface area contributed by atoms with Crippen LogP contribution in [-0.4, -0.2) is 15.1 Å². The van der Waals surface area contributed by atoms with Crippen LogP contribution < -0.4 is 5.73 Å². The molecule has 0 radical (unpaired) electrons. The number of imidazole rings is 1. The molecule has 0 amide bonds. The molecule has 3 nitrogen and oxygen atoms in total. The number of nitrogens with two attached hydrogens (primary N) is 1. The molecule has 0 fully saturated rings. The van der Waals surface area contributed by atoms with Crippen molar-refractivity contribution in [2.75, 3.05) is 0 Å². The maximum atomic E-state index is 6.58. The average Bonchev–Trinajstić information content (AvgIpc) is 2.74. The summed E-state index contributed by atoms with van der Waals surface area (Å²) in [6.45, 7) is 0.